The molecule has 1 saturated heterocycles. The molecule has 0 spiro atoms. The van der Waals surface area contributed by atoms with Crippen LogP contribution in [0, 0.1) is 0 Å². The van der Waals surface area contributed by atoms with Crippen LogP contribution in [-0.4, -0.2) is 48.0 Å². The fourth-order valence-electron chi connectivity index (χ4n) is 4.11. The third kappa shape index (κ3) is 7.18. The summed E-state index contributed by atoms with van der Waals surface area (Å²) in [7, 11) is 0. The second-order valence-electron chi connectivity index (χ2n) is 8.68. The van der Waals surface area contributed by atoms with Gasteiger partial charge in [-0.1, -0.05) is 61.0 Å². The van der Waals surface area contributed by atoms with Gasteiger partial charge >= 0.3 is 0 Å². The normalized spacial score (nSPS) is 13.5. The minimum Gasteiger partial charge on any atom is -0.366 e. The maximum absolute atomic E-state index is 12.7. The molecule has 3 aromatic rings. The number of anilines is 2. The summed E-state index contributed by atoms with van der Waals surface area (Å²) in [6, 6.07) is 22.7. The van der Waals surface area contributed by atoms with Crippen molar-refractivity contribution in [2.75, 3.05) is 36.4 Å². The maximum Gasteiger partial charge on any atom is 0.257 e. The molecule has 2 N–H and O–H groups in total. The van der Waals surface area contributed by atoms with Gasteiger partial charge in [-0.15, -0.1) is 0 Å². The van der Waals surface area contributed by atoms with Gasteiger partial charge in [0.15, 0.2) is 5.11 Å². The Morgan fingerprint density at radius 3 is 2.35 bits per heavy atom. The van der Waals surface area contributed by atoms with Gasteiger partial charge in [0.25, 0.3) is 5.91 Å². The van der Waals surface area contributed by atoms with Crippen molar-refractivity contribution >= 4 is 58.2 Å². The van der Waals surface area contributed by atoms with Crippen LogP contribution >= 0.6 is 23.8 Å². The second-order valence-corrected chi connectivity index (χ2v) is 9.52. The van der Waals surface area contributed by atoms with Gasteiger partial charge in [-0.05, 0) is 66.2 Å². The predicted octanol–water partition coefficient (Wildman–Crippen LogP) is 5.39. The van der Waals surface area contributed by atoms with Crippen LogP contribution in [0.1, 0.15) is 28.4 Å². The molecule has 0 aromatic heterocycles. The molecular weight excluding hydrogens is 504 g/mol. The fraction of sp³-hybridized carbons (Fsp3) is 0.207. The molecule has 1 heterocycles. The lowest BCUT2D eigenvalue weighted by atomic mass is 10.1. The molecule has 2 amide bonds. The second kappa shape index (κ2) is 12.5. The highest BCUT2D eigenvalue weighted by Crippen LogP contribution is 2.30. The molecule has 4 rings (SSSR count). The predicted molar refractivity (Wildman–Crippen MR) is 155 cm³/mol. The highest BCUT2D eigenvalue weighted by atomic mass is 35.5. The van der Waals surface area contributed by atoms with Gasteiger partial charge in [0.2, 0.25) is 5.91 Å². The molecule has 6 nitrogen and oxygen atoms in total. The largest absolute Gasteiger partial charge is 0.366 e. The number of nitrogens with one attached hydrogen (secondary N) is 2. The fourth-order valence-corrected chi connectivity index (χ4v) is 4.48. The van der Waals surface area contributed by atoms with Crippen LogP contribution in [0.3, 0.4) is 0 Å². The molecule has 1 aliphatic heterocycles. The Labute approximate surface area is 227 Å². The lowest BCUT2D eigenvalue weighted by molar-refractivity contribution is -0.126. The summed E-state index contributed by atoms with van der Waals surface area (Å²) in [5, 5.41) is 6.61. The zero-order chi connectivity index (χ0) is 26.2. The molecular formula is C29H29ClN4O2S. The molecule has 1 aliphatic rings. The van der Waals surface area contributed by atoms with E-state index >= 15 is 0 Å². The number of nitrogens with zero attached hydrogens (tertiary/aromatic N) is 2. The first kappa shape index (κ1) is 26.4. The van der Waals surface area contributed by atoms with Gasteiger partial charge in [0.1, 0.15) is 0 Å². The Morgan fingerprint density at radius 2 is 1.68 bits per heavy atom. The molecule has 0 unspecified atom stereocenters. The lowest BCUT2D eigenvalue weighted by Gasteiger charge is -2.36. The number of amides is 2. The summed E-state index contributed by atoms with van der Waals surface area (Å²) in [6.45, 7) is 4.57. The van der Waals surface area contributed by atoms with E-state index in [9.17, 15) is 9.59 Å². The minimum atomic E-state index is -0.278. The van der Waals surface area contributed by atoms with Crippen molar-refractivity contribution in [1.29, 1.82) is 0 Å². The molecule has 0 bridgehead atoms. The van der Waals surface area contributed by atoms with Crippen LogP contribution in [0.5, 0.6) is 0 Å². The summed E-state index contributed by atoms with van der Waals surface area (Å²) >= 11 is 11.7. The number of hydrogen-bond donors (Lipinski definition) is 2. The number of rotatable bonds is 6. The van der Waals surface area contributed by atoms with Gasteiger partial charge in [-0.25, -0.2) is 0 Å². The molecule has 37 heavy (non-hydrogen) atoms. The van der Waals surface area contributed by atoms with Crippen LogP contribution in [0.15, 0.2) is 78.9 Å². The van der Waals surface area contributed by atoms with Crippen molar-refractivity contribution in [1.82, 2.24) is 10.2 Å². The monoisotopic (exact) mass is 532 g/mol. The van der Waals surface area contributed by atoms with Crippen LogP contribution in [-0.2, 0) is 11.2 Å². The third-order valence-electron chi connectivity index (χ3n) is 6.21. The Balaban J connectivity index is 1.36. The summed E-state index contributed by atoms with van der Waals surface area (Å²) < 4.78 is 0. The number of thiocarbonyl (C=S) groups is 1. The van der Waals surface area contributed by atoms with E-state index < -0.39 is 0 Å². The molecule has 8 heteroatoms. The summed E-state index contributed by atoms with van der Waals surface area (Å²) in [5.74, 6) is -0.284. The molecule has 1 fully saturated rings. The Kier molecular flexibility index (Phi) is 8.93. The Morgan fingerprint density at radius 1 is 0.973 bits per heavy atom. The third-order valence-corrected chi connectivity index (χ3v) is 6.65. The van der Waals surface area contributed by atoms with Crippen LogP contribution < -0.4 is 15.5 Å². The van der Waals surface area contributed by atoms with E-state index in [0.29, 0.717) is 42.5 Å². The number of carbonyl (C=O) groups excluding carboxylic acids is 2. The standard InChI is InChI=1S/C29H29ClN4O2S/c1-2-21-8-11-23(12-9-21)28(36)32-29(37)31-25-20-24(30)13-14-26(25)33-16-18-34(19-17-33)27(35)15-10-22-6-4-3-5-7-22/h3-15,20H,2,16-19H2,1H3,(H2,31,32,36,37)/b15-10+. The van der Waals surface area contributed by atoms with Gasteiger partial charge < -0.3 is 15.1 Å². The van der Waals surface area contributed by atoms with E-state index in [0.717, 1.165) is 23.2 Å². The van der Waals surface area contributed by atoms with Crippen molar-refractivity contribution in [2.24, 2.45) is 0 Å². The van der Waals surface area contributed by atoms with Crippen molar-refractivity contribution in [3.8, 4) is 0 Å². The molecule has 0 atom stereocenters. The zero-order valence-electron chi connectivity index (χ0n) is 20.6. The van der Waals surface area contributed by atoms with Crippen molar-refractivity contribution in [3.05, 3.63) is 101 Å². The topological polar surface area (TPSA) is 64.7 Å². The van der Waals surface area contributed by atoms with Crippen LogP contribution in [0.4, 0.5) is 11.4 Å². The van der Waals surface area contributed by atoms with Crippen molar-refractivity contribution in [3.63, 3.8) is 0 Å². The summed E-state index contributed by atoms with van der Waals surface area (Å²) in [4.78, 5) is 29.3. The van der Waals surface area contributed by atoms with Gasteiger partial charge in [0.05, 0.1) is 11.4 Å². The smallest absolute Gasteiger partial charge is 0.257 e. The first-order valence-electron chi connectivity index (χ1n) is 12.2. The molecule has 0 aliphatic carbocycles. The molecule has 0 saturated carbocycles. The van der Waals surface area contributed by atoms with E-state index in [-0.39, 0.29) is 16.9 Å². The summed E-state index contributed by atoms with van der Waals surface area (Å²) in [5.41, 5.74) is 4.29. The van der Waals surface area contributed by atoms with Crippen LogP contribution in [0.2, 0.25) is 5.02 Å². The van der Waals surface area contributed by atoms with Gasteiger partial charge in [-0.2, -0.15) is 0 Å². The minimum absolute atomic E-state index is 0.00572. The van der Waals surface area contributed by atoms with E-state index in [1.54, 1.807) is 24.3 Å². The van der Waals surface area contributed by atoms with Crippen molar-refractivity contribution < 1.29 is 9.59 Å². The zero-order valence-corrected chi connectivity index (χ0v) is 22.2. The Bertz CT molecular complexity index is 1290. The van der Waals surface area contributed by atoms with E-state index in [1.165, 1.54) is 0 Å². The van der Waals surface area contributed by atoms with E-state index in [1.807, 2.05) is 65.6 Å². The average Bonchev–Trinajstić information content (AvgIpc) is 2.92. The number of carbonyl (C=O) groups is 2. The maximum atomic E-state index is 12.7. The molecule has 190 valence electrons. The first-order valence-corrected chi connectivity index (χ1v) is 13.0. The summed E-state index contributed by atoms with van der Waals surface area (Å²) in [6.07, 6.45) is 4.37. The SMILES string of the molecule is CCc1ccc(C(=O)NC(=S)Nc2cc(Cl)ccc2N2CCN(C(=O)/C=C/c3ccccc3)CC2)cc1. The molecule has 0 radical (unpaired) electrons. The van der Waals surface area contributed by atoms with Crippen molar-refractivity contribution in [2.45, 2.75) is 13.3 Å². The highest BCUT2D eigenvalue weighted by Gasteiger charge is 2.22. The van der Waals surface area contributed by atoms with E-state index in [2.05, 4.69) is 22.5 Å². The van der Waals surface area contributed by atoms with Gasteiger partial charge in [-0.3, -0.25) is 14.9 Å². The number of halogens is 1. The quantitative estimate of drug-likeness (QED) is 0.329. The number of aryl methyl sites for hydroxylation is 1. The molecule has 3 aromatic carbocycles. The number of piperazine rings is 1. The average molecular weight is 533 g/mol. The lowest BCUT2D eigenvalue weighted by Crippen LogP contribution is -2.48. The highest BCUT2D eigenvalue weighted by molar-refractivity contribution is 7.80. The Hall–Kier alpha value is -3.68. The number of hydrogen-bond acceptors (Lipinski definition) is 4. The first-order chi connectivity index (χ1) is 17.9. The van der Waals surface area contributed by atoms with E-state index in [4.69, 9.17) is 23.8 Å². The van der Waals surface area contributed by atoms with Crippen LogP contribution in [0.25, 0.3) is 6.08 Å². The van der Waals surface area contributed by atoms with Gasteiger partial charge in [0, 0.05) is 42.8 Å². The number of benzene rings is 3.